The van der Waals surface area contributed by atoms with E-state index >= 15 is 0 Å². The van der Waals surface area contributed by atoms with E-state index in [9.17, 15) is 16.8 Å². The van der Waals surface area contributed by atoms with E-state index in [4.69, 9.17) is 11.8 Å². The lowest BCUT2D eigenvalue weighted by Gasteiger charge is -2.14. The van der Waals surface area contributed by atoms with Gasteiger partial charge in [-0.3, -0.25) is 0 Å². The highest BCUT2D eigenvalue weighted by molar-refractivity contribution is 8.05. The van der Waals surface area contributed by atoms with Crippen molar-refractivity contribution >= 4 is 31.8 Å². The Morgan fingerprint density at radius 3 is 1.25 bits per heavy atom. The number of sulfonamides is 2. The van der Waals surface area contributed by atoms with Crippen molar-refractivity contribution < 1.29 is 16.8 Å². The summed E-state index contributed by atoms with van der Waals surface area (Å²) in [5, 5.41) is 0. The number of hydrogen-bond donors (Lipinski definition) is 0. The summed E-state index contributed by atoms with van der Waals surface area (Å²) < 4.78 is 48.5. The first-order chi connectivity index (χ1) is 9.37. The minimum absolute atomic E-state index is 0.134. The van der Waals surface area contributed by atoms with E-state index in [0.717, 1.165) is 0 Å². The van der Waals surface area contributed by atoms with Crippen molar-refractivity contribution in [1.29, 1.82) is 0 Å². The third-order valence-corrected chi connectivity index (χ3v) is 7.22. The number of rotatable bonds is 4. The summed E-state index contributed by atoms with van der Waals surface area (Å²) in [5.74, 6) is 0. The summed E-state index contributed by atoms with van der Waals surface area (Å²) in [5.41, 5.74) is 0. The summed E-state index contributed by atoms with van der Waals surface area (Å²) in [7, 11) is -8.67. The van der Waals surface area contributed by atoms with Gasteiger partial charge in [0.25, 0.3) is 20.0 Å². The average Bonchev–Trinajstić information content (AvgIpc) is 2.48. The number of hydrogen-bond acceptors (Lipinski definition) is 4. The fourth-order valence-electron chi connectivity index (χ4n) is 1.48. The Balaban J connectivity index is 2.49. The molecular weight excluding hydrogens is 322 g/mol. The summed E-state index contributed by atoms with van der Waals surface area (Å²) >= 11 is 5.59. The second-order valence-corrected chi connectivity index (χ2v) is 8.33. The van der Waals surface area contributed by atoms with Crippen LogP contribution in [0.25, 0.3) is 0 Å². The molecule has 2 aromatic rings. The summed E-state index contributed by atoms with van der Waals surface area (Å²) in [6.45, 7) is 0. The zero-order valence-corrected chi connectivity index (χ0v) is 12.4. The van der Waals surface area contributed by atoms with Crippen LogP contribution in [0.1, 0.15) is 0 Å². The first kappa shape index (κ1) is 15.0. The van der Waals surface area contributed by atoms with E-state index < -0.39 is 20.0 Å². The number of benzene rings is 2. The monoisotopic (exact) mass is 331 g/mol. The molecule has 2 rings (SSSR count). The molecule has 0 unspecified atom stereocenters. The molecule has 0 atom stereocenters. The van der Waals surface area contributed by atoms with E-state index in [1.54, 1.807) is 12.1 Å². The normalized spacial score (nSPS) is 12.5. The number of nitrogens with zero attached hydrogens (tertiary/aromatic N) is 1. The third kappa shape index (κ3) is 2.71. The molecule has 0 aliphatic rings. The standard InChI is InChI=1S/C12H10ClNO4S2/c13-14(19(15,16)11-7-3-1-4-8-11)20(17,18)12-9-5-2-6-10-12/h1-10H. The predicted molar refractivity (Wildman–Crippen MR) is 74.9 cm³/mol. The molecule has 0 fully saturated rings. The van der Waals surface area contributed by atoms with Gasteiger partial charge >= 0.3 is 0 Å². The molecule has 5 nitrogen and oxygen atoms in total. The van der Waals surface area contributed by atoms with Gasteiger partial charge in [-0.05, 0) is 24.3 Å². The van der Waals surface area contributed by atoms with Crippen LogP contribution < -0.4 is 0 Å². The molecule has 0 N–H and O–H groups in total. The van der Waals surface area contributed by atoms with Gasteiger partial charge in [0.1, 0.15) is 0 Å². The van der Waals surface area contributed by atoms with Crippen LogP contribution in [0.3, 0.4) is 0 Å². The molecule has 2 aromatic carbocycles. The van der Waals surface area contributed by atoms with E-state index in [-0.39, 0.29) is 13.0 Å². The van der Waals surface area contributed by atoms with Crippen molar-refractivity contribution in [2.75, 3.05) is 0 Å². The molecule has 0 heterocycles. The summed E-state index contributed by atoms with van der Waals surface area (Å²) in [6, 6.07) is 14.2. The second kappa shape index (κ2) is 5.53. The average molecular weight is 332 g/mol. The van der Waals surface area contributed by atoms with Gasteiger partial charge in [-0.25, -0.2) is 16.8 Å². The molecule has 0 aliphatic carbocycles. The lowest BCUT2D eigenvalue weighted by atomic mass is 10.4. The van der Waals surface area contributed by atoms with Crippen molar-refractivity contribution in [2.24, 2.45) is 0 Å². The van der Waals surface area contributed by atoms with E-state index in [1.807, 2.05) is 0 Å². The predicted octanol–water partition coefficient (Wildman–Crippen LogP) is 2.22. The van der Waals surface area contributed by atoms with Crippen LogP contribution in [0.2, 0.25) is 0 Å². The molecule has 0 amide bonds. The van der Waals surface area contributed by atoms with Gasteiger partial charge in [0.2, 0.25) is 0 Å². The fraction of sp³-hybridized carbons (Fsp3) is 0. The zero-order chi connectivity index (χ0) is 14.8. The molecule has 0 aliphatic heterocycles. The molecule has 0 saturated heterocycles. The maximum absolute atomic E-state index is 12.2. The van der Waals surface area contributed by atoms with Crippen molar-refractivity contribution in [2.45, 2.75) is 9.79 Å². The van der Waals surface area contributed by atoms with Gasteiger partial charge < -0.3 is 0 Å². The van der Waals surface area contributed by atoms with Gasteiger partial charge in [0.05, 0.1) is 9.79 Å². The number of halogens is 1. The van der Waals surface area contributed by atoms with Crippen LogP contribution in [0.4, 0.5) is 0 Å². The molecule has 8 heteroatoms. The minimum atomic E-state index is -4.33. The van der Waals surface area contributed by atoms with Crippen LogP contribution in [0.5, 0.6) is 0 Å². The van der Waals surface area contributed by atoms with Gasteiger partial charge in [0, 0.05) is 15.0 Å². The molecule has 0 aromatic heterocycles. The van der Waals surface area contributed by atoms with Crippen molar-refractivity contribution in [3.05, 3.63) is 60.7 Å². The largest absolute Gasteiger partial charge is 0.270 e. The molecule has 20 heavy (non-hydrogen) atoms. The Morgan fingerprint density at radius 2 is 0.950 bits per heavy atom. The fourth-order valence-corrected chi connectivity index (χ4v) is 4.84. The van der Waals surface area contributed by atoms with Crippen LogP contribution in [0.15, 0.2) is 70.5 Å². The van der Waals surface area contributed by atoms with E-state index in [2.05, 4.69) is 0 Å². The Bertz CT molecular complexity index is 720. The Morgan fingerprint density at radius 1 is 0.650 bits per heavy atom. The van der Waals surface area contributed by atoms with Crippen LogP contribution in [-0.2, 0) is 20.0 Å². The summed E-state index contributed by atoms with van der Waals surface area (Å²) in [6.07, 6.45) is 0. The highest BCUT2D eigenvalue weighted by Gasteiger charge is 2.35. The molecule has 0 bridgehead atoms. The van der Waals surface area contributed by atoms with Crippen molar-refractivity contribution in [1.82, 2.24) is 3.23 Å². The Labute approximate surface area is 122 Å². The molecule has 0 saturated carbocycles. The van der Waals surface area contributed by atoms with Crippen molar-refractivity contribution in [3.63, 3.8) is 0 Å². The topological polar surface area (TPSA) is 71.5 Å². The van der Waals surface area contributed by atoms with Crippen molar-refractivity contribution in [3.8, 4) is 0 Å². The highest BCUT2D eigenvalue weighted by atomic mass is 35.5. The van der Waals surface area contributed by atoms with Gasteiger partial charge in [0.15, 0.2) is 0 Å². The zero-order valence-electron chi connectivity index (χ0n) is 10.0. The van der Waals surface area contributed by atoms with Gasteiger partial charge in [-0.15, -0.1) is 0 Å². The SMILES string of the molecule is O=S(=O)(c1ccccc1)N(Cl)S(=O)(=O)c1ccccc1. The van der Waals surface area contributed by atoms with E-state index in [1.165, 1.54) is 48.5 Å². The molecule has 106 valence electrons. The van der Waals surface area contributed by atoms with Gasteiger partial charge in [-0.1, -0.05) is 36.4 Å². The first-order valence-electron chi connectivity index (χ1n) is 5.43. The summed E-state index contributed by atoms with van der Waals surface area (Å²) in [4.78, 5) is -0.399. The highest BCUT2D eigenvalue weighted by Crippen LogP contribution is 2.25. The van der Waals surface area contributed by atoms with Crippen LogP contribution in [0, 0.1) is 0 Å². The molecular formula is C12H10ClNO4S2. The third-order valence-electron chi connectivity index (χ3n) is 2.46. The molecule has 0 spiro atoms. The smallest absolute Gasteiger partial charge is 0.205 e. The Kier molecular flexibility index (Phi) is 4.14. The second-order valence-electron chi connectivity index (χ2n) is 3.79. The van der Waals surface area contributed by atoms with Crippen LogP contribution in [-0.4, -0.2) is 20.1 Å². The van der Waals surface area contributed by atoms with Crippen LogP contribution >= 0.6 is 11.8 Å². The molecule has 0 radical (unpaired) electrons. The quantitative estimate of drug-likeness (QED) is 0.805. The lowest BCUT2D eigenvalue weighted by molar-refractivity contribution is 0.552. The minimum Gasteiger partial charge on any atom is -0.205 e. The maximum Gasteiger partial charge on any atom is 0.270 e. The first-order valence-corrected chi connectivity index (χ1v) is 8.65. The van der Waals surface area contributed by atoms with E-state index in [0.29, 0.717) is 0 Å². The Hall–Kier alpha value is -1.41. The maximum atomic E-state index is 12.2. The van der Waals surface area contributed by atoms with Gasteiger partial charge in [-0.2, -0.15) is 0 Å². The lowest BCUT2D eigenvalue weighted by Crippen LogP contribution is -2.28.